The normalized spacial score (nSPS) is 14.1. The minimum Gasteiger partial charge on any atom is -0.267 e. The number of nitrogens with zero attached hydrogens (tertiary/aromatic N) is 2. The highest BCUT2D eigenvalue weighted by molar-refractivity contribution is 7.93. The molecule has 0 aromatic heterocycles. The van der Waals surface area contributed by atoms with E-state index in [1.807, 2.05) is 50.2 Å². The third-order valence-corrected chi connectivity index (χ3v) is 7.82. The zero-order valence-corrected chi connectivity index (χ0v) is 19.6. The van der Waals surface area contributed by atoms with Gasteiger partial charge in [-0.3, -0.25) is 9.10 Å². The highest BCUT2D eigenvalue weighted by Gasteiger charge is 2.35. The van der Waals surface area contributed by atoms with Crippen molar-refractivity contribution in [2.24, 2.45) is 5.10 Å². The third kappa shape index (κ3) is 3.84. The Labute approximate surface area is 198 Å². The number of carbonyl (C=O) groups is 1. The average molecular weight is 470 g/mol. The van der Waals surface area contributed by atoms with Crippen molar-refractivity contribution in [3.8, 4) is 0 Å². The summed E-state index contributed by atoms with van der Waals surface area (Å²) in [5.41, 5.74) is 7.63. The van der Waals surface area contributed by atoms with Crippen molar-refractivity contribution in [2.75, 3.05) is 4.31 Å². The largest absolute Gasteiger partial charge is 0.271 e. The van der Waals surface area contributed by atoms with Gasteiger partial charge < -0.3 is 0 Å². The molecule has 5 rings (SSSR count). The van der Waals surface area contributed by atoms with E-state index in [1.54, 1.807) is 42.6 Å². The summed E-state index contributed by atoms with van der Waals surface area (Å²) in [6.45, 7) is 4.20. The van der Waals surface area contributed by atoms with Crippen LogP contribution >= 0.6 is 0 Å². The Balaban J connectivity index is 1.31. The SMILES string of the molecule is Cc1ccc(/C=N\NC(=O)c2ccc(CN3c4cccc5cccc(c45)S3(=O)=O)cc2)c(C)c1. The summed E-state index contributed by atoms with van der Waals surface area (Å²) in [5, 5.41) is 5.72. The van der Waals surface area contributed by atoms with Gasteiger partial charge in [0.05, 0.1) is 23.3 Å². The van der Waals surface area contributed by atoms with Gasteiger partial charge in [-0.1, -0.05) is 60.2 Å². The Kier molecular flexibility index (Phi) is 5.42. The first kappa shape index (κ1) is 21.9. The number of carbonyl (C=O) groups excluding carboxylic acids is 1. The van der Waals surface area contributed by atoms with Crippen LogP contribution in [0.15, 0.2) is 88.9 Å². The first-order valence-electron chi connectivity index (χ1n) is 10.9. The number of hydrazone groups is 1. The topological polar surface area (TPSA) is 78.8 Å². The molecule has 0 spiro atoms. The lowest BCUT2D eigenvalue weighted by Gasteiger charge is -2.19. The lowest BCUT2D eigenvalue weighted by molar-refractivity contribution is 0.0955. The van der Waals surface area contributed by atoms with Crippen LogP contribution in [0.2, 0.25) is 0 Å². The second-order valence-corrected chi connectivity index (χ2v) is 10.2. The zero-order valence-electron chi connectivity index (χ0n) is 18.8. The minimum atomic E-state index is -3.63. The molecule has 1 amide bonds. The molecule has 0 radical (unpaired) electrons. The number of nitrogens with one attached hydrogen (secondary N) is 1. The molecular formula is C27H23N3O3S. The van der Waals surface area contributed by atoms with E-state index in [9.17, 15) is 13.2 Å². The molecule has 0 bridgehead atoms. The van der Waals surface area contributed by atoms with Crippen LogP contribution < -0.4 is 9.73 Å². The number of aryl methyl sites for hydroxylation is 2. The van der Waals surface area contributed by atoms with E-state index in [1.165, 1.54) is 9.87 Å². The van der Waals surface area contributed by atoms with E-state index in [0.29, 0.717) is 16.1 Å². The molecule has 34 heavy (non-hydrogen) atoms. The van der Waals surface area contributed by atoms with Crippen LogP contribution in [0, 0.1) is 13.8 Å². The Morgan fingerprint density at radius 2 is 1.71 bits per heavy atom. The van der Waals surface area contributed by atoms with Crippen molar-refractivity contribution in [1.29, 1.82) is 0 Å². The molecule has 170 valence electrons. The summed E-state index contributed by atoms with van der Waals surface area (Å²) in [7, 11) is -3.63. The van der Waals surface area contributed by atoms with Crippen molar-refractivity contribution < 1.29 is 13.2 Å². The molecule has 1 aliphatic heterocycles. The van der Waals surface area contributed by atoms with Crippen LogP contribution in [-0.2, 0) is 16.6 Å². The second kappa shape index (κ2) is 8.43. The molecule has 4 aromatic carbocycles. The molecule has 1 aliphatic rings. The fraction of sp³-hybridized carbons (Fsp3) is 0.111. The van der Waals surface area contributed by atoms with Crippen LogP contribution in [0.25, 0.3) is 10.8 Å². The van der Waals surface area contributed by atoms with Gasteiger partial charge in [-0.15, -0.1) is 0 Å². The summed E-state index contributed by atoms with van der Waals surface area (Å²) in [4.78, 5) is 12.8. The highest BCUT2D eigenvalue weighted by atomic mass is 32.2. The van der Waals surface area contributed by atoms with Crippen molar-refractivity contribution in [3.05, 3.63) is 107 Å². The Morgan fingerprint density at radius 3 is 2.44 bits per heavy atom. The Bertz CT molecular complexity index is 1550. The van der Waals surface area contributed by atoms with Crippen molar-refractivity contribution >= 4 is 38.6 Å². The van der Waals surface area contributed by atoms with Gasteiger partial charge in [-0.05, 0) is 60.2 Å². The monoisotopic (exact) mass is 469 g/mol. The number of hydrogen-bond donors (Lipinski definition) is 1. The average Bonchev–Trinajstić information content (AvgIpc) is 3.04. The zero-order chi connectivity index (χ0) is 23.9. The number of anilines is 1. The number of sulfonamides is 1. The maximum absolute atomic E-state index is 13.2. The maximum atomic E-state index is 13.2. The number of benzene rings is 4. The van der Waals surface area contributed by atoms with Gasteiger partial charge in [-0.25, -0.2) is 13.8 Å². The third-order valence-electron chi connectivity index (χ3n) is 6.02. The van der Waals surface area contributed by atoms with E-state index < -0.39 is 10.0 Å². The van der Waals surface area contributed by atoms with E-state index in [-0.39, 0.29) is 12.5 Å². The van der Waals surface area contributed by atoms with Crippen molar-refractivity contribution in [3.63, 3.8) is 0 Å². The molecular weight excluding hydrogens is 446 g/mol. The van der Waals surface area contributed by atoms with Gasteiger partial charge in [0.15, 0.2) is 0 Å². The summed E-state index contributed by atoms with van der Waals surface area (Å²) in [6.07, 6.45) is 1.62. The van der Waals surface area contributed by atoms with Gasteiger partial charge in [0, 0.05) is 10.9 Å². The first-order chi connectivity index (χ1) is 16.3. The maximum Gasteiger partial charge on any atom is 0.271 e. The second-order valence-electron chi connectivity index (χ2n) is 8.40. The van der Waals surface area contributed by atoms with Crippen LogP contribution in [0.1, 0.15) is 32.6 Å². The van der Waals surface area contributed by atoms with Crippen molar-refractivity contribution in [2.45, 2.75) is 25.3 Å². The summed E-state index contributed by atoms with van der Waals surface area (Å²) < 4.78 is 27.8. The molecule has 0 unspecified atom stereocenters. The van der Waals surface area contributed by atoms with Gasteiger partial charge >= 0.3 is 0 Å². The van der Waals surface area contributed by atoms with E-state index in [4.69, 9.17) is 0 Å². The molecule has 0 saturated carbocycles. The fourth-order valence-electron chi connectivity index (χ4n) is 4.25. The molecule has 6 nitrogen and oxygen atoms in total. The summed E-state index contributed by atoms with van der Waals surface area (Å²) in [6, 6.07) is 23.8. The van der Waals surface area contributed by atoms with Gasteiger partial charge in [0.25, 0.3) is 15.9 Å². The Hall–Kier alpha value is -3.97. The van der Waals surface area contributed by atoms with Crippen LogP contribution in [-0.4, -0.2) is 20.5 Å². The molecule has 0 saturated heterocycles. The minimum absolute atomic E-state index is 0.183. The predicted octanol–water partition coefficient (Wildman–Crippen LogP) is 4.93. The van der Waals surface area contributed by atoms with Crippen LogP contribution in [0.5, 0.6) is 0 Å². The fourth-order valence-corrected chi connectivity index (χ4v) is 5.95. The smallest absolute Gasteiger partial charge is 0.267 e. The molecule has 1 heterocycles. The quantitative estimate of drug-likeness (QED) is 0.333. The van der Waals surface area contributed by atoms with E-state index >= 15 is 0 Å². The molecule has 7 heteroatoms. The lowest BCUT2D eigenvalue weighted by Crippen LogP contribution is -2.26. The van der Waals surface area contributed by atoms with Crippen LogP contribution in [0.4, 0.5) is 5.69 Å². The van der Waals surface area contributed by atoms with E-state index in [0.717, 1.165) is 27.5 Å². The molecule has 4 aromatic rings. The standard InChI is InChI=1S/C27H23N3O3S/c1-18-9-12-23(19(2)15-18)16-28-29-27(31)22-13-10-20(11-14-22)17-30-24-7-3-5-21-6-4-8-25(26(21)24)34(30,32)33/h3-16H,17H2,1-2H3,(H,29,31)/b28-16-. The number of rotatable bonds is 5. The van der Waals surface area contributed by atoms with Gasteiger partial charge in [0.2, 0.25) is 0 Å². The highest BCUT2D eigenvalue weighted by Crippen LogP contribution is 2.42. The molecule has 1 N–H and O–H groups in total. The number of amides is 1. The summed E-state index contributed by atoms with van der Waals surface area (Å²) in [5.74, 6) is -0.335. The number of hydrogen-bond acceptors (Lipinski definition) is 4. The van der Waals surface area contributed by atoms with Crippen LogP contribution in [0.3, 0.4) is 0 Å². The van der Waals surface area contributed by atoms with Gasteiger partial charge in [0.1, 0.15) is 0 Å². The Morgan fingerprint density at radius 1 is 0.971 bits per heavy atom. The lowest BCUT2D eigenvalue weighted by atomic mass is 10.1. The van der Waals surface area contributed by atoms with Gasteiger partial charge in [-0.2, -0.15) is 5.10 Å². The predicted molar refractivity (Wildman–Crippen MR) is 135 cm³/mol. The first-order valence-corrected chi connectivity index (χ1v) is 12.3. The van der Waals surface area contributed by atoms with E-state index in [2.05, 4.69) is 16.6 Å². The van der Waals surface area contributed by atoms with Crippen molar-refractivity contribution in [1.82, 2.24) is 5.43 Å². The molecule has 0 fully saturated rings. The summed E-state index contributed by atoms with van der Waals surface area (Å²) >= 11 is 0. The molecule has 0 atom stereocenters. The molecule has 0 aliphatic carbocycles.